The number of likely N-dealkylation sites (tertiary alicyclic amines) is 1. The summed E-state index contributed by atoms with van der Waals surface area (Å²) in [5.74, 6) is 0.161. The number of aromatic hydroxyl groups is 1. The normalized spacial score (nSPS) is 29.4. The molecular formula is C16H23NO5. The quantitative estimate of drug-likeness (QED) is 0.797. The minimum atomic E-state index is -1.00. The summed E-state index contributed by atoms with van der Waals surface area (Å²) in [4.78, 5) is 12.8. The van der Waals surface area contributed by atoms with Crippen molar-refractivity contribution in [3.05, 3.63) is 23.8 Å². The lowest BCUT2D eigenvalue weighted by Gasteiger charge is -2.38. The fraction of sp³-hybridized carbons (Fsp3) is 0.562. The average Bonchev–Trinajstić information content (AvgIpc) is 2.73. The maximum Gasteiger partial charge on any atom is 0.407 e. The fourth-order valence-electron chi connectivity index (χ4n) is 3.45. The van der Waals surface area contributed by atoms with Crippen molar-refractivity contribution in [2.45, 2.75) is 38.8 Å². The highest BCUT2D eigenvalue weighted by atomic mass is 16.5. The van der Waals surface area contributed by atoms with Gasteiger partial charge in [-0.25, -0.2) is 4.79 Å². The molecule has 0 saturated carbocycles. The van der Waals surface area contributed by atoms with E-state index < -0.39 is 17.6 Å². The van der Waals surface area contributed by atoms with Crippen molar-refractivity contribution in [1.82, 2.24) is 4.90 Å². The van der Waals surface area contributed by atoms with Crippen LogP contribution in [0.5, 0.6) is 11.5 Å². The van der Waals surface area contributed by atoms with E-state index in [2.05, 4.69) is 0 Å². The Labute approximate surface area is 129 Å². The number of nitrogens with zero attached hydrogens (tertiary/aromatic N) is 1. The molecule has 1 heterocycles. The molecule has 1 amide bonds. The van der Waals surface area contributed by atoms with Gasteiger partial charge in [0.2, 0.25) is 0 Å². The number of carbonyl (C=O) groups is 1. The number of benzene rings is 1. The minimum Gasteiger partial charge on any atom is -0.504 e. The van der Waals surface area contributed by atoms with Gasteiger partial charge in [0.25, 0.3) is 0 Å². The number of amides is 1. The highest BCUT2D eigenvalue weighted by molar-refractivity contribution is 5.66. The van der Waals surface area contributed by atoms with E-state index in [1.165, 1.54) is 12.0 Å². The predicted octanol–water partition coefficient (Wildman–Crippen LogP) is 2.25. The van der Waals surface area contributed by atoms with Crippen molar-refractivity contribution in [3.63, 3.8) is 0 Å². The van der Waals surface area contributed by atoms with Crippen LogP contribution < -0.4 is 4.74 Å². The number of phenols is 1. The van der Waals surface area contributed by atoms with Crippen LogP contribution in [0, 0.1) is 5.41 Å². The van der Waals surface area contributed by atoms with Crippen LogP contribution in [0.3, 0.4) is 0 Å². The molecule has 4 atom stereocenters. The molecule has 1 aliphatic rings. The molecule has 122 valence electrons. The molecule has 3 N–H and O–H groups in total. The maximum absolute atomic E-state index is 11.4. The first-order valence-electron chi connectivity index (χ1n) is 7.28. The Morgan fingerprint density at radius 3 is 2.59 bits per heavy atom. The Hall–Kier alpha value is -1.95. The van der Waals surface area contributed by atoms with Gasteiger partial charge >= 0.3 is 6.09 Å². The molecule has 1 aromatic carbocycles. The predicted molar refractivity (Wildman–Crippen MR) is 81.4 cm³/mol. The van der Waals surface area contributed by atoms with Gasteiger partial charge < -0.3 is 25.0 Å². The van der Waals surface area contributed by atoms with Crippen molar-refractivity contribution >= 4 is 6.09 Å². The first kappa shape index (κ1) is 16.4. The van der Waals surface area contributed by atoms with Crippen LogP contribution in [0.25, 0.3) is 0 Å². The third-order valence-corrected chi connectivity index (χ3v) is 5.25. The zero-order chi connectivity index (χ0) is 16.7. The van der Waals surface area contributed by atoms with Crippen molar-refractivity contribution in [3.8, 4) is 11.5 Å². The van der Waals surface area contributed by atoms with Crippen LogP contribution in [-0.2, 0) is 0 Å². The summed E-state index contributed by atoms with van der Waals surface area (Å²) in [5, 5.41) is 29.6. The van der Waals surface area contributed by atoms with Gasteiger partial charge in [-0.15, -0.1) is 0 Å². The van der Waals surface area contributed by atoms with Crippen molar-refractivity contribution in [2.75, 3.05) is 13.7 Å². The topological polar surface area (TPSA) is 90.2 Å². The van der Waals surface area contributed by atoms with E-state index in [9.17, 15) is 20.1 Å². The monoisotopic (exact) mass is 309 g/mol. The lowest BCUT2D eigenvalue weighted by Crippen LogP contribution is -2.45. The highest BCUT2D eigenvalue weighted by Gasteiger charge is 2.53. The third kappa shape index (κ3) is 2.37. The Kier molecular flexibility index (Phi) is 4.24. The summed E-state index contributed by atoms with van der Waals surface area (Å²) in [7, 11) is 1.47. The number of phenolic OH excluding ortho intramolecular Hbond substituents is 1. The lowest BCUT2D eigenvalue weighted by atomic mass is 9.69. The van der Waals surface area contributed by atoms with Gasteiger partial charge in [0.1, 0.15) is 0 Å². The van der Waals surface area contributed by atoms with Gasteiger partial charge in [-0.3, -0.25) is 0 Å². The summed E-state index contributed by atoms with van der Waals surface area (Å²) >= 11 is 0. The molecule has 6 nitrogen and oxygen atoms in total. The largest absolute Gasteiger partial charge is 0.504 e. The molecule has 1 aliphatic heterocycles. The van der Waals surface area contributed by atoms with E-state index in [4.69, 9.17) is 4.74 Å². The zero-order valence-electron chi connectivity index (χ0n) is 13.3. The number of hydrogen-bond donors (Lipinski definition) is 3. The number of aliphatic hydroxyl groups is 1. The van der Waals surface area contributed by atoms with Gasteiger partial charge in [0.05, 0.1) is 13.2 Å². The SMILES string of the molecule is COc1ccc([C@@H]2CN(C(=O)O)C(C)[C@@]2(C)[C@@H](C)O)cc1O. The van der Waals surface area contributed by atoms with Crippen molar-refractivity contribution in [1.29, 1.82) is 0 Å². The second-order valence-corrected chi connectivity index (χ2v) is 6.14. The van der Waals surface area contributed by atoms with Crippen LogP contribution in [0.15, 0.2) is 18.2 Å². The number of carboxylic acid groups (broad SMARTS) is 1. The van der Waals surface area contributed by atoms with E-state index in [0.717, 1.165) is 5.56 Å². The fourth-order valence-corrected chi connectivity index (χ4v) is 3.45. The number of ether oxygens (including phenoxy) is 1. The number of aliphatic hydroxyl groups excluding tert-OH is 1. The van der Waals surface area contributed by atoms with Crippen LogP contribution in [0.4, 0.5) is 4.79 Å². The Morgan fingerprint density at radius 1 is 1.50 bits per heavy atom. The second kappa shape index (κ2) is 5.68. The van der Waals surface area contributed by atoms with E-state index in [-0.39, 0.29) is 24.3 Å². The molecule has 22 heavy (non-hydrogen) atoms. The molecule has 0 spiro atoms. The van der Waals surface area contributed by atoms with Gasteiger partial charge in [-0.2, -0.15) is 0 Å². The van der Waals surface area contributed by atoms with E-state index in [1.807, 2.05) is 19.9 Å². The van der Waals surface area contributed by atoms with Gasteiger partial charge in [-0.1, -0.05) is 13.0 Å². The molecule has 0 bridgehead atoms. The van der Waals surface area contributed by atoms with Crippen LogP contribution in [-0.4, -0.2) is 52.1 Å². The maximum atomic E-state index is 11.4. The van der Waals surface area contributed by atoms with Crippen LogP contribution >= 0.6 is 0 Å². The summed E-state index contributed by atoms with van der Waals surface area (Å²) in [5.41, 5.74) is 0.150. The Morgan fingerprint density at radius 2 is 2.14 bits per heavy atom. The highest BCUT2D eigenvalue weighted by Crippen LogP contribution is 2.50. The molecule has 2 rings (SSSR count). The molecule has 1 fully saturated rings. The first-order chi connectivity index (χ1) is 10.2. The van der Waals surface area contributed by atoms with Crippen molar-refractivity contribution < 1.29 is 24.9 Å². The molecule has 0 aromatic heterocycles. The van der Waals surface area contributed by atoms with Gasteiger partial charge in [0.15, 0.2) is 11.5 Å². The lowest BCUT2D eigenvalue weighted by molar-refractivity contribution is 0.0204. The van der Waals surface area contributed by atoms with Crippen LogP contribution in [0.1, 0.15) is 32.3 Å². The van der Waals surface area contributed by atoms with Gasteiger partial charge in [-0.05, 0) is 31.5 Å². The standard InChI is InChI=1S/C16H23NO5/c1-9-16(3,10(2)18)12(8-17(9)15(20)21)11-5-6-14(22-4)13(19)7-11/h5-7,9-10,12,18-19H,8H2,1-4H3,(H,20,21)/t9?,10-,12+,16+/m1/s1. The van der Waals surface area contributed by atoms with Gasteiger partial charge in [0, 0.05) is 23.9 Å². The average molecular weight is 309 g/mol. The van der Waals surface area contributed by atoms with Crippen molar-refractivity contribution in [2.24, 2.45) is 5.41 Å². The summed E-state index contributed by atoms with van der Waals surface area (Å²) < 4.78 is 5.04. The van der Waals surface area contributed by atoms with Crippen LogP contribution in [0.2, 0.25) is 0 Å². The van der Waals surface area contributed by atoms with E-state index in [1.54, 1.807) is 19.1 Å². The smallest absolute Gasteiger partial charge is 0.407 e. The zero-order valence-corrected chi connectivity index (χ0v) is 13.3. The molecule has 0 radical (unpaired) electrons. The minimum absolute atomic E-state index is 0.00868. The molecule has 1 saturated heterocycles. The molecular weight excluding hydrogens is 286 g/mol. The second-order valence-electron chi connectivity index (χ2n) is 6.14. The molecule has 1 aromatic rings. The first-order valence-corrected chi connectivity index (χ1v) is 7.28. The summed E-state index contributed by atoms with van der Waals surface area (Å²) in [6, 6.07) is 4.71. The molecule has 1 unspecified atom stereocenters. The third-order valence-electron chi connectivity index (χ3n) is 5.25. The molecule has 0 aliphatic carbocycles. The summed E-state index contributed by atoms with van der Waals surface area (Å²) in [6.45, 7) is 5.66. The number of methoxy groups -OCH3 is 1. The summed E-state index contributed by atoms with van der Waals surface area (Å²) in [6.07, 6.45) is -1.69. The van der Waals surface area contributed by atoms with E-state index >= 15 is 0 Å². The Bertz CT molecular complexity index is 574. The molecule has 6 heteroatoms. The van der Waals surface area contributed by atoms with E-state index in [0.29, 0.717) is 5.75 Å². The Balaban J connectivity index is 2.47. The number of hydrogen-bond acceptors (Lipinski definition) is 4. The number of rotatable bonds is 3.